The minimum atomic E-state index is 0.500. The molecule has 0 fully saturated rings. The molecular weight excluding hydrogens is 416 g/mol. The van der Waals surface area contributed by atoms with Crippen molar-refractivity contribution < 1.29 is 9.47 Å². The van der Waals surface area contributed by atoms with E-state index < -0.39 is 0 Å². The van der Waals surface area contributed by atoms with E-state index in [4.69, 9.17) is 14.5 Å². The van der Waals surface area contributed by atoms with E-state index in [1.165, 1.54) is 11.8 Å². The van der Waals surface area contributed by atoms with E-state index in [0.29, 0.717) is 22.9 Å². The molecule has 0 aliphatic carbocycles. The van der Waals surface area contributed by atoms with Crippen LogP contribution in [0.3, 0.4) is 0 Å². The van der Waals surface area contributed by atoms with E-state index in [1.807, 2.05) is 91.0 Å². The van der Waals surface area contributed by atoms with Gasteiger partial charge in [0.2, 0.25) is 0 Å². The molecule has 0 spiro atoms. The fourth-order valence-electron chi connectivity index (χ4n) is 3.31. The largest absolute Gasteiger partial charge is 0.497 e. The van der Waals surface area contributed by atoms with Crippen LogP contribution in [-0.2, 0) is 0 Å². The van der Waals surface area contributed by atoms with Crippen molar-refractivity contribution in [2.24, 2.45) is 0 Å². The Morgan fingerprint density at radius 2 is 1.47 bits per heavy atom. The zero-order chi connectivity index (χ0) is 22.2. The molecule has 0 atom stereocenters. The number of aromatic nitrogens is 1. The number of hydrogen-bond donors (Lipinski definition) is 0. The first-order chi connectivity index (χ1) is 15.8. The molecule has 4 aromatic rings. The highest BCUT2D eigenvalue weighted by Gasteiger charge is 2.15. The van der Waals surface area contributed by atoms with Gasteiger partial charge < -0.3 is 9.47 Å². The average molecular weight is 439 g/mol. The first kappa shape index (κ1) is 21.5. The SMILES string of the molecule is COc1ccc(OCCSc2nc(-c3ccccc3)cc(-c3ccccc3)c2C#N)cc1. The summed E-state index contributed by atoms with van der Waals surface area (Å²) in [5, 5.41) is 10.7. The second kappa shape index (κ2) is 10.5. The zero-order valence-electron chi connectivity index (χ0n) is 17.7. The number of hydrogen-bond acceptors (Lipinski definition) is 5. The topological polar surface area (TPSA) is 55.1 Å². The predicted molar refractivity (Wildman–Crippen MR) is 129 cm³/mol. The van der Waals surface area contributed by atoms with Gasteiger partial charge in [-0.2, -0.15) is 5.26 Å². The quantitative estimate of drug-likeness (QED) is 0.233. The summed E-state index contributed by atoms with van der Waals surface area (Å²) in [6.45, 7) is 0.500. The van der Waals surface area contributed by atoms with Crippen LogP contribution in [0.5, 0.6) is 11.5 Å². The average Bonchev–Trinajstić information content (AvgIpc) is 2.87. The molecule has 0 saturated carbocycles. The molecule has 0 amide bonds. The van der Waals surface area contributed by atoms with Crippen LogP contribution in [0.1, 0.15) is 5.56 Å². The van der Waals surface area contributed by atoms with E-state index >= 15 is 0 Å². The number of pyridine rings is 1. The van der Waals surface area contributed by atoms with Crippen LogP contribution >= 0.6 is 11.8 Å². The normalized spacial score (nSPS) is 10.4. The Labute approximate surface area is 192 Å². The van der Waals surface area contributed by atoms with Gasteiger partial charge in [-0.15, -0.1) is 11.8 Å². The van der Waals surface area contributed by atoms with Crippen molar-refractivity contribution in [3.63, 3.8) is 0 Å². The Kier molecular flexibility index (Phi) is 7.06. The van der Waals surface area contributed by atoms with Crippen LogP contribution in [-0.4, -0.2) is 24.5 Å². The van der Waals surface area contributed by atoms with Crippen LogP contribution in [0, 0.1) is 11.3 Å². The lowest BCUT2D eigenvalue weighted by Gasteiger charge is -2.13. The second-order valence-corrected chi connectivity index (χ2v) is 8.04. The van der Waals surface area contributed by atoms with Crippen LogP contribution in [0.4, 0.5) is 0 Å². The van der Waals surface area contributed by atoms with Gasteiger partial charge in [-0.25, -0.2) is 4.98 Å². The molecular formula is C27H22N2O2S. The molecule has 5 heteroatoms. The van der Waals surface area contributed by atoms with Gasteiger partial charge in [0.15, 0.2) is 0 Å². The van der Waals surface area contributed by atoms with Crippen LogP contribution in [0.2, 0.25) is 0 Å². The first-order valence-corrected chi connectivity index (χ1v) is 11.2. The molecule has 0 aliphatic rings. The second-order valence-electron chi connectivity index (χ2n) is 6.95. The van der Waals surface area contributed by atoms with Crippen molar-refractivity contribution in [2.45, 2.75) is 5.03 Å². The van der Waals surface area contributed by atoms with Gasteiger partial charge in [0.25, 0.3) is 0 Å². The van der Waals surface area contributed by atoms with E-state index in [1.54, 1.807) is 7.11 Å². The molecule has 1 heterocycles. The molecule has 4 rings (SSSR count). The Balaban J connectivity index is 1.59. The Hall–Kier alpha value is -3.75. The van der Waals surface area contributed by atoms with Crippen molar-refractivity contribution in [3.05, 3.63) is 96.6 Å². The van der Waals surface area contributed by atoms with Crippen molar-refractivity contribution in [1.29, 1.82) is 5.26 Å². The van der Waals surface area contributed by atoms with E-state index in [2.05, 4.69) is 6.07 Å². The zero-order valence-corrected chi connectivity index (χ0v) is 18.5. The number of nitrogens with zero attached hydrogens (tertiary/aromatic N) is 2. The van der Waals surface area contributed by atoms with Gasteiger partial charge in [0.05, 0.1) is 25.0 Å². The summed E-state index contributed by atoms with van der Waals surface area (Å²) in [7, 11) is 1.64. The lowest BCUT2D eigenvalue weighted by molar-refractivity contribution is 0.342. The van der Waals surface area contributed by atoms with Gasteiger partial charge in [-0.3, -0.25) is 0 Å². The van der Waals surface area contributed by atoms with Crippen molar-refractivity contribution in [2.75, 3.05) is 19.5 Å². The minimum Gasteiger partial charge on any atom is -0.497 e. The monoisotopic (exact) mass is 438 g/mol. The van der Waals surface area contributed by atoms with Crippen LogP contribution in [0.15, 0.2) is 96.0 Å². The first-order valence-electron chi connectivity index (χ1n) is 10.2. The summed E-state index contributed by atoms with van der Waals surface area (Å²) in [6, 6.07) is 31.9. The molecule has 0 radical (unpaired) electrons. The Morgan fingerprint density at radius 1 is 0.844 bits per heavy atom. The maximum Gasteiger partial charge on any atom is 0.119 e. The van der Waals surface area contributed by atoms with E-state index in [0.717, 1.165) is 33.9 Å². The predicted octanol–water partition coefficient (Wildman–Crippen LogP) is 6.47. The van der Waals surface area contributed by atoms with Gasteiger partial charge in [-0.05, 0) is 35.9 Å². The molecule has 0 bridgehead atoms. The standard InChI is InChI=1S/C27H22N2O2S/c1-30-22-12-14-23(15-13-22)31-16-17-32-27-25(19-28)24(20-8-4-2-5-9-20)18-26(29-27)21-10-6-3-7-11-21/h2-15,18H,16-17H2,1H3. The summed E-state index contributed by atoms with van der Waals surface area (Å²) < 4.78 is 11.0. The number of thioether (sulfide) groups is 1. The highest BCUT2D eigenvalue weighted by atomic mass is 32.2. The number of ether oxygens (including phenoxy) is 2. The Morgan fingerprint density at radius 3 is 2.09 bits per heavy atom. The van der Waals surface area contributed by atoms with Gasteiger partial charge in [0.1, 0.15) is 22.6 Å². The van der Waals surface area contributed by atoms with Crippen molar-refractivity contribution >= 4 is 11.8 Å². The maximum absolute atomic E-state index is 9.96. The summed E-state index contributed by atoms with van der Waals surface area (Å²) in [5.41, 5.74) is 4.35. The number of rotatable bonds is 8. The van der Waals surface area contributed by atoms with Crippen LogP contribution < -0.4 is 9.47 Å². The van der Waals surface area contributed by atoms with Gasteiger partial charge in [0, 0.05) is 16.9 Å². The molecule has 3 aromatic carbocycles. The van der Waals surface area contributed by atoms with E-state index in [9.17, 15) is 5.26 Å². The fourth-order valence-corrected chi connectivity index (χ4v) is 4.13. The molecule has 4 nitrogen and oxygen atoms in total. The van der Waals surface area contributed by atoms with Crippen molar-refractivity contribution in [3.8, 4) is 40.0 Å². The summed E-state index contributed by atoms with van der Waals surface area (Å²) in [6.07, 6.45) is 0. The molecule has 0 N–H and O–H groups in total. The van der Waals surface area contributed by atoms with Crippen LogP contribution in [0.25, 0.3) is 22.4 Å². The molecule has 0 aliphatic heterocycles. The molecule has 0 unspecified atom stereocenters. The third-order valence-corrected chi connectivity index (χ3v) is 5.84. The van der Waals surface area contributed by atoms with Gasteiger partial charge >= 0.3 is 0 Å². The fraction of sp³-hybridized carbons (Fsp3) is 0.111. The molecule has 158 valence electrons. The number of benzene rings is 3. The number of nitriles is 1. The maximum atomic E-state index is 9.96. The highest BCUT2D eigenvalue weighted by molar-refractivity contribution is 7.99. The minimum absolute atomic E-state index is 0.500. The highest BCUT2D eigenvalue weighted by Crippen LogP contribution is 2.34. The lowest BCUT2D eigenvalue weighted by atomic mass is 9.99. The summed E-state index contributed by atoms with van der Waals surface area (Å²) >= 11 is 1.53. The Bertz CT molecular complexity index is 1200. The van der Waals surface area contributed by atoms with Gasteiger partial charge in [-0.1, -0.05) is 60.7 Å². The van der Waals surface area contributed by atoms with E-state index in [-0.39, 0.29) is 0 Å². The molecule has 0 saturated heterocycles. The molecule has 32 heavy (non-hydrogen) atoms. The summed E-state index contributed by atoms with van der Waals surface area (Å²) in [4.78, 5) is 4.84. The third-order valence-electron chi connectivity index (χ3n) is 4.90. The van der Waals surface area contributed by atoms with Crippen molar-refractivity contribution in [1.82, 2.24) is 4.98 Å². The molecule has 1 aromatic heterocycles. The summed E-state index contributed by atoms with van der Waals surface area (Å²) in [5.74, 6) is 2.24. The smallest absolute Gasteiger partial charge is 0.119 e. The lowest BCUT2D eigenvalue weighted by Crippen LogP contribution is -2.02. The third kappa shape index (κ3) is 5.11. The number of methoxy groups -OCH3 is 1.